The van der Waals surface area contributed by atoms with E-state index in [1.54, 1.807) is 36.4 Å². The fourth-order valence-corrected chi connectivity index (χ4v) is 3.82. The van der Waals surface area contributed by atoms with E-state index in [2.05, 4.69) is 15.4 Å². The molecule has 0 atom stereocenters. The monoisotopic (exact) mass is 481 g/mol. The maximum Gasteiger partial charge on any atom is 0.321 e. The van der Waals surface area contributed by atoms with Crippen molar-refractivity contribution < 1.29 is 27.5 Å². The predicted octanol–water partition coefficient (Wildman–Crippen LogP) is 2.92. The van der Waals surface area contributed by atoms with Gasteiger partial charge in [0.25, 0.3) is 5.91 Å². The van der Waals surface area contributed by atoms with Gasteiger partial charge in [-0.05, 0) is 54.1 Å². The molecule has 0 unspecified atom stereocenters. The van der Waals surface area contributed by atoms with Crippen LogP contribution in [0, 0.1) is 0 Å². The number of nitrogens with one attached hydrogen (secondary N) is 3. The molecule has 0 heterocycles. The lowest BCUT2D eigenvalue weighted by atomic mass is 10.1. The Labute approximate surface area is 197 Å². The average Bonchev–Trinajstić information content (AvgIpc) is 2.82. The van der Waals surface area contributed by atoms with Crippen molar-refractivity contribution in [3.8, 4) is 0 Å². The van der Waals surface area contributed by atoms with Crippen LogP contribution < -0.4 is 15.4 Å². The van der Waals surface area contributed by atoms with Crippen LogP contribution in [0.25, 0.3) is 0 Å². The second-order valence-corrected chi connectivity index (χ2v) is 8.97. The Morgan fingerprint density at radius 3 is 2.03 bits per heavy atom. The Morgan fingerprint density at radius 2 is 1.41 bits per heavy atom. The zero-order chi connectivity index (χ0) is 24.6. The lowest BCUT2D eigenvalue weighted by Gasteiger charge is -2.09. The average molecular weight is 482 g/mol. The third-order valence-corrected chi connectivity index (χ3v) is 5.96. The maximum absolute atomic E-state index is 12.3. The summed E-state index contributed by atoms with van der Waals surface area (Å²) in [5.41, 5.74) is 2.21. The molecule has 0 bridgehead atoms. The number of carbonyl (C=O) groups is 3. The molecule has 0 radical (unpaired) electrons. The highest BCUT2D eigenvalue weighted by atomic mass is 32.2. The van der Waals surface area contributed by atoms with Gasteiger partial charge in [-0.1, -0.05) is 30.3 Å². The Balaban J connectivity index is 1.47. The van der Waals surface area contributed by atoms with E-state index in [1.165, 1.54) is 31.2 Å². The number of amides is 2. The molecule has 0 spiro atoms. The Morgan fingerprint density at radius 1 is 0.794 bits per heavy atom. The quantitative estimate of drug-likeness (QED) is 0.403. The first-order valence-corrected chi connectivity index (χ1v) is 11.7. The van der Waals surface area contributed by atoms with E-state index < -0.39 is 22.5 Å². The molecule has 0 fully saturated rings. The van der Waals surface area contributed by atoms with Crippen molar-refractivity contribution in [3.63, 3.8) is 0 Å². The first kappa shape index (κ1) is 24.6. The number of hydrogen-bond donors (Lipinski definition) is 3. The van der Waals surface area contributed by atoms with Gasteiger partial charge < -0.3 is 15.4 Å². The summed E-state index contributed by atoms with van der Waals surface area (Å²) in [4.78, 5) is 35.2. The summed E-state index contributed by atoms with van der Waals surface area (Å²) in [7, 11) is -3.93. The van der Waals surface area contributed by atoms with E-state index in [1.807, 2.05) is 18.2 Å². The maximum atomic E-state index is 12.3. The summed E-state index contributed by atoms with van der Waals surface area (Å²) in [6, 6.07) is 21.1. The third-order valence-electron chi connectivity index (χ3n) is 4.54. The molecular weight excluding hydrogens is 458 g/mol. The fraction of sp³-hybridized carbons (Fsp3) is 0.125. The number of para-hydroxylation sites is 1. The third kappa shape index (κ3) is 7.26. The molecule has 3 aromatic carbocycles. The normalized spacial score (nSPS) is 10.9. The number of esters is 1. The molecule has 2 amide bonds. The van der Waals surface area contributed by atoms with Gasteiger partial charge in [-0.3, -0.25) is 14.4 Å². The lowest BCUT2D eigenvalue weighted by molar-refractivity contribution is -0.143. The van der Waals surface area contributed by atoms with Crippen LogP contribution in [0.2, 0.25) is 0 Å². The molecule has 34 heavy (non-hydrogen) atoms. The van der Waals surface area contributed by atoms with E-state index in [0.29, 0.717) is 22.5 Å². The fourth-order valence-electron chi connectivity index (χ4n) is 2.85. The topological polar surface area (TPSA) is 131 Å². The summed E-state index contributed by atoms with van der Waals surface area (Å²) < 4.78 is 31.9. The highest BCUT2D eigenvalue weighted by Gasteiger charge is 2.16. The van der Waals surface area contributed by atoms with Crippen LogP contribution >= 0.6 is 0 Å². The van der Waals surface area contributed by atoms with Crippen molar-refractivity contribution in [3.05, 3.63) is 90.0 Å². The minimum absolute atomic E-state index is 0.0567. The van der Waals surface area contributed by atoms with Crippen LogP contribution in [0.15, 0.2) is 83.8 Å². The van der Waals surface area contributed by atoms with Crippen LogP contribution in [0.5, 0.6) is 0 Å². The Hall–Kier alpha value is -4.02. The van der Waals surface area contributed by atoms with Crippen molar-refractivity contribution in [2.45, 2.75) is 18.4 Å². The van der Waals surface area contributed by atoms with E-state index in [4.69, 9.17) is 4.74 Å². The standard InChI is InChI=1S/C24H23N3O6S/c1-17(28)26-21-11-13-22(14-12-21)34(31,32)25-15-23(29)33-16-18-7-9-19(10-8-18)24(30)27-20-5-3-2-4-6-20/h2-14,25H,15-16H2,1H3,(H,26,28)(H,27,30). The van der Waals surface area contributed by atoms with E-state index >= 15 is 0 Å². The van der Waals surface area contributed by atoms with Gasteiger partial charge in [0.1, 0.15) is 13.2 Å². The number of ether oxygens (including phenoxy) is 1. The predicted molar refractivity (Wildman–Crippen MR) is 127 cm³/mol. The van der Waals surface area contributed by atoms with Gasteiger partial charge in [0.15, 0.2) is 0 Å². The second kappa shape index (κ2) is 11.2. The molecular formula is C24H23N3O6S. The summed E-state index contributed by atoms with van der Waals surface area (Å²) in [6.45, 7) is 0.717. The summed E-state index contributed by atoms with van der Waals surface area (Å²) in [5, 5.41) is 5.31. The van der Waals surface area contributed by atoms with Crippen molar-refractivity contribution in [2.75, 3.05) is 17.2 Å². The molecule has 0 saturated carbocycles. The summed E-state index contributed by atoms with van der Waals surface area (Å²) in [6.07, 6.45) is 0. The smallest absolute Gasteiger partial charge is 0.321 e. The van der Waals surface area contributed by atoms with Gasteiger partial charge in [0, 0.05) is 23.9 Å². The van der Waals surface area contributed by atoms with E-state index in [9.17, 15) is 22.8 Å². The molecule has 0 aliphatic rings. The van der Waals surface area contributed by atoms with Crippen LogP contribution in [-0.2, 0) is 31.0 Å². The number of benzene rings is 3. The molecule has 0 aromatic heterocycles. The molecule has 9 nitrogen and oxygen atoms in total. The molecule has 0 aliphatic heterocycles. The van der Waals surface area contributed by atoms with Gasteiger partial charge in [-0.15, -0.1) is 0 Å². The number of hydrogen-bond acceptors (Lipinski definition) is 6. The number of anilines is 2. The van der Waals surface area contributed by atoms with E-state index in [-0.39, 0.29) is 23.3 Å². The van der Waals surface area contributed by atoms with Gasteiger partial charge in [0.2, 0.25) is 15.9 Å². The second-order valence-electron chi connectivity index (χ2n) is 7.21. The van der Waals surface area contributed by atoms with Crippen LogP contribution in [0.1, 0.15) is 22.8 Å². The number of carbonyl (C=O) groups excluding carboxylic acids is 3. The molecule has 3 aromatic rings. The molecule has 0 aliphatic carbocycles. The lowest BCUT2D eigenvalue weighted by Crippen LogP contribution is -2.30. The van der Waals surface area contributed by atoms with Crippen molar-refractivity contribution in [1.82, 2.24) is 4.72 Å². The first-order chi connectivity index (χ1) is 16.2. The first-order valence-electron chi connectivity index (χ1n) is 10.2. The van der Waals surface area contributed by atoms with Crippen molar-refractivity contribution in [2.24, 2.45) is 0 Å². The van der Waals surface area contributed by atoms with Gasteiger partial charge in [-0.2, -0.15) is 4.72 Å². The van der Waals surface area contributed by atoms with Crippen LogP contribution in [0.4, 0.5) is 11.4 Å². The minimum atomic E-state index is -3.93. The molecule has 176 valence electrons. The molecule has 10 heteroatoms. The zero-order valence-electron chi connectivity index (χ0n) is 18.3. The molecule has 3 rings (SSSR count). The largest absolute Gasteiger partial charge is 0.460 e. The Bertz CT molecular complexity index is 1260. The highest BCUT2D eigenvalue weighted by molar-refractivity contribution is 7.89. The van der Waals surface area contributed by atoms with Gasteiger partial charge in [-0.25, -0.2) is 8.42 Å². The van der Waals surface area contributed by atoms with Gasteiger partial charge >= 0.3 is 5.97 Å². The highest BCUT2D eigenvalue weighted by Crippen LogP contribution is 2.14. The van der Waals surface area contributed by atoms with Crippen molar-refractivity contribution in [1.29, 1.82) is 0 Å². The number of sulfonamides is 1. The zero-order valence-corrected chi connectivity index (χ0v) is 19.1. The minimum Gasteiger partial charge on any atom is -0.460 e. The number of rotatable bonds is 9. The summed E-state index contributed by atoms with van der Waals surface area (Å²) in [5.74, 6) is -1.31. The SMILES string of the molecule is CC(=O)Nc1ccc(S(=O)(=O)NCC(=O)OCc2ccc(C(=O)Nc3ccccc3)cc2)cc1. The van der Waals surface area contributed by atoms with Crippen LogP contribution in [0.3, 0.4) is 0 Å². The van der Waals surface area contributed by atoms with E-state index in [0.717, 1.165) is 0 Å². The van der Waals surface area contributed by atoms with Crippen molar-refractivity contribution >= 4 is 39.2 Å². The van der Waals surface area contributed by atoms with Crippen LogP contribution in [-0.4, -0.2) is 32.7 Å². The molecule has 0 saturated heterocycles. The van der Waals surface area contributed by atoms with Gasteiger partial charge in [0.05, 0.1) is 4.90 Å². The molecule has 3 N–H and O–H groups in total. The summed E-state index contributed by atoms with van der Waals surface area (Å²) >= 11 is 0. The Kier molecular flexibility index (Phi) is 8.12.